The van der Waals surface area contributed by atoms with Gasteiger partial charge in [0.15, 0.2) is 17.3 Å². The Morgan fingerprint density at radius 3 is 2.42 bits per heavy atom. The van der Waals surface area contributed by atoms with E-state index in [4.69, 9.17) is 9.47 Å². The zero-order chi connectivity index (χ0) is 25.1. The summed E-state index contributed by atoms with van der Waals surface area (Å²) in [5, 5.41) is 13.6. The number of ether oxygens (including phenoxy) is 2. The number of hydrogen-bond donors (Lipinski definition) is 1. The molecule has 0 radical (unpaired) electrons. The first-order chi connectivity index (χ1) is 17.6. The van der Waals surface area contributed by atoms with Crippen LogP contribution in [0.25, 0.3) is 10.9 Å². The lowest BCUT2D eigenvalue weighted by Gasteiger charge is -2.38. The molecule has 0 bridgehead atoms. The van der Waals surface area contributed by atoms with E-state index in [2.05, 4.69) is 37.2 Å². The summed E-state index contributed by atoms with van der Waals surface area (Å²) >= 11 is 0. The number of benzene rings is 2. The number of hydrogen-bond acceptors (Lipinski definition) is 8. The smallest absolute Gasteiger partial charge is 0.253 e. The number of aromatic nitrogens is 5. The van der Waals surface area contributed by atoms with Gasteiger partial charge in [0.2, 0.25) is 0 Å². The fourth-order valence-corrected chi connectivity index (χ4v) is 4.87. The molecule has 36 heavy (non-hydrogen) atoms. The van der Waals surface area contributed by atoms with Crippen LogP contribution in [0.4, 0.5) is 0 Å². The first-order valence-electron chi connectivity index (χ1n) is 12.2. The monoisotopic (exact) mass is 489 g/mol. The van der Waals surface area contributed by atoms with Gasteiger partial charge in [-0.25, -0.2) is 4.68 Å². The molecule has 1 fully saturated rings. The molecular weight excluding hydrogens is 458 g/mol. The molecule has 4 aromatic rings. The summed E-state index contributed by atoms with van der Waals surface area (Å²) < 4.78 is 12.7. The summed E-state index contributed by atoms with van der Waals surface area (Å²) in [6.45, 7) is 7.14. The summed E-state index contributed by atoms with van der Waals surface area (Å²) in [7, 11) is 3.18. The molecule has 1 atom stereocenters. The lowest BCUT2D eigenvalue weighted by molar-refractivity contribution is 0.108. The molecule has 0 spiro atoms. The molecule has 0 amide bonds. The van der Waals surface area contributed by atoms with E-state index in [1.807, 2.05) is 42.5 Å². The predicted molar refractivity (Wildman–Crippen MR) is 137 cm³/mol. The van der Waals surface area contributed by atoms with E-state index >= 15 is 0 Å². The van der Waals surface area contributed by atoms with E-state index in [9.17, 15) is 4.79 Å². The fraction of sp³-hybridized carbons (Fsp3) is 0.385. The number of methoxy groups -OCH3 is 2. The molecule has 2 aromatic carbocycles. The van der Waals surface area contributed by atoms with E-state index in [0.717, 1.165) is 43.7 Å². The van der Waals surface area contributed by atoms with Crippen molar-refractivity contribution in [1.29, 1.82) is 0 Å². The SMILES string of the molecule is CCN1CCN([C@@H](c2cc3cc(OC)c(OC)cc3[nH]c2=O)c2nnnn2Cc2ccccc2)CC1. The molecule has 10 heteroatoms. The average Bonchev–Trinajstić information content (AvgIpc) is 3.36. The van der Waals surface area contributed by atoms with Crippen LogP contribution in [-0.2, 0) is 6.54 Å². The minimum absolute atomic E-state index is 0.174. The van der Waals surface area contributed by atoms with Crippen molar-refractivity contribution in [2.45, 2.75) is 19.5 Å². The second kappa shape index (κ2) is 10.5. The van der Waals surface area contributed by atoms with Gasteiger partial charge in [-0.05, 0) is 34.7 Å². The molecular formula is C26H31N7O3. The Morgan fingerprint density at radius 1 is 1.00 bits per heavy atom. The van der Waals surface area contributed by atoms with Crippen molar-refractivity contribution in [2.24, 2.45) is 0 Å². The number of H-pyrrole nitrogens is 1. The maximum Gasteiger partial charge on any atom is 0.253 e. The van der Waals surface area contributed by atoms with Crippen molar-refractivity contribution in [3.63, 3.8) is 0 Å². The zero-order valence-corrected chi connectivity index (χ0v) is 20.8. The quantitative estimate of drug-likeness (QED) is 0.402. The Morgan fingerprint density at radius 2 is 1.72 bits per heavy atom. The number of nitrogens with one attached hydrogen (secondary N) is 1. The third-order valence-electron chi connectivity index (χ3n) is 6.87. The summed E-state index contributed by atoms with van der Waals surface area (Å²) in [4.78, 5) is 21.3. The Bertz CT molecular complexity index is 1380. The van der Waals surface area contributed by atoms with E-state index in [0.29, 0.717) is 34.9 Å². The normalized spacial score (nSPS) is 15.8. The van der Waals surface area contributed by atoms with Gasteiger partial charge in [0, 0.05) is 43.2 Å². The van der Waals surface area contributed by atoms with Gasteiger partial charge < -0.3 is 19.4 Å². The highest BCUT2D eigenvalue weighted by atomic mass is 16.5. The molecule has 1 saturated heterocycles. The maximum absolute atomic E-state index is 13.5. The van der Waals surface area contributed by atoms with Crippen molar-refractivity contribution in [2.75, 3.05) is 46.9 Å². The van der Waals surface area contributed by atoms with Crippen LogP contribution in [0.15, 0.2) is 53.3 Å². The Balaban J connectivity index is 1.61. The Kier molecular flexibility index (Phi) is 6.97. The highest BCUT2D eigenvalue weighted by Gasteiger charge is 2.32. The minimum atomic E-state index is -0.399. The number of pyridine rings is 1. The summed E-state index contributed by atoms with van der Waals surface area (Å²) in [6.07, 6.45) is 0. The van der Waals surface area contributed by atoms with Crippen LogP contribution in [0.2, 0.25) is 0 Å². The van der Waals surface area contributed by atoms with Crippen LogP contribution in [0.1, 0.15) is 29.9 Å². The van der Waals surface area contributed by atoms with E-state index in [-0.39, 0.29) is 5.56 Å². The van der Waals surface area contributed by atoms with Crippen molar-refractivity contribution in [3.8, 4) is 11.5 Å². The molecule has 0 aliphatic carbocycles. The molecule has 3 heterocycles. The van der Waals surface area contributed by atoms with Gasteiger partial charge in [-0.1, -0.05) is 37.3 Å². The molecule has 1 N–H and O–H groups in total. The Hall–Kier alpha value is -3.76. The number of fused-ring (bicyclic) bond motifs is 1. The second-order valence-electron chi connectivity index (χ2n) is 8.90. The standard InChI is InChI=1S/C26H31N7O3/c1-4-31-10-12-32(13-11-31)24(25-28-29-30-33(25)17-18-8-6-5-7-9-18)20-14-19-15-22(35-2)23(36-3)16-21(19)27-26(20)34/h5-9,14-16,24H,4,10-13,17H2,1-3H3,(H,27,34)/t24-/m0/s1. The van der Waals surface area contributed by atoms with Gasteiger partial charge >= 0.3 is 0 Å². The first kappa shape index (κ1) is 24.0. The number of nitrogens with zero attached hydrogens (tertiary/aromatic N) is 6. The molecule has 188 valence electrons. The van der Waals surface area contributed by atoms with Crippen LogP contribution < -0.4 is 15.0 Å². The van der Waals surface area contributed by atoms with Crippen LogP contribution in [0, 0.1) is 0 Å². The highest BCUT2D eigenvalue weighted by molar-refractivity contribution is 5.83. The van der Waals surface area contributed by atoms with Gasteiger partial charge in [0.1, 0.15) is 6.04 Å². The average molecular weight is 490 g/mol. The lowest BCUT2D eigenvalue weighted by atomic mass is 10.0. The van der Waals surface area contributed by atoms with E-state index < -0.39 is 6.04 Å². The van der Waals surface area contributed by atoms with Gasteiger partial charge in [0.05, 0.1) is 26.3 Å². The van der Waals surface area contributed by atoms with Crippen molar-refractivity contribution in [3.05, 3.63) is 75.8 Å². The summed E-state index contributed by atoms with van der Waals surface area (Å²) in [5.74, 6) is 1.81. The molecule has 5 rings (SSSR count). The predicted octanol–water partition coefficient (Wildman–Crippen LogP) is 2.31. The first-order valence-corrected chi connectivity index (χ1v) is 12.2. The number of piperazine rings is 1. The third kappa shape index (κ3) is 4.69. The number of likely N-dealkylation sites (N-methyl/N-ethyl adjacent to an activating group) is 1. The highest BCUT2D eigenvalue weighted by Crippen LogP contribution is 2.33. The topological polar surface area (TPSA) is 101 Å². The zero-order valence-electron chi connectivity index (χ0n) is 20.8. The van der Waals surface area contributed by atoms with Crippen molar-refractivity contribution >= 4 is 10.9 Å². The van der Waals surface area contributed by atoms with E-state index in [1.54, 1.807) is 25.0 Å². The van der Waals surface area contributed by atoms with Gasteiger partial charge in [-0.3, -0.25) is 9.69 Å². The van der Waals surface area contributed by atoms with Crippen molar-refractivity contribution < 1.29 is 9.47 Å². The molecule has 0 saturated carbocycles. The van der Waals surface area contributed by atoms with Gasteiger partial charge in [-0.2, -0.15) is 0 Å². The van der Waals surface area contributed by atoms with Crippen LogP contribution >= 0.6 is 0 Å². The van der Waals surface area contributed by atoms with Gasteiger partial charge in [-0.15, -0.1) is 5.10 Å². The van der Waals surface area contributed by atoms with Crippen molar-refractivity contribution in [1.82, 2.24) is 35.0 Å². The summed E-state index contributed by atoms with van der Waals surface area (Å²) in [6, 6.07) is 15.3. The molecule has 2 aromatic heterocycles. The van der Waals surface area contributed by atoms with Crippen LogP contribution in [0.5, 0.6) is 11.5 Å². The second-order valence-corrected chi connectivity index (χ2v) is 8.90. The number of aromatic amines is 1. The molecule has 0 unspecified atom stereocenters. The van der Waals surface area contributed by atoms with Gasteiger partial charge in [0.25, 0.3) is 5.56 Å². The van der Waals surface area contributed by atoms with Crippen LogP contribution in [-0.4, -0.2) is 81.9 Å². The molecule has 1 aliphatic rings. The number of tetrazole rings is 1. The lowest BCUT2D eigenvalue weighted by Crippen LogP contribution is -2.49. The largest absolute Gasteiger partial charge is 0.493 e. The van der Waals surface area contributed by atoms with E-state index in [1.165, 1.54) is 0 Å². The third-order valence-corrected chi connectivity index (χ3v) is 6.87. The Labute approximate surface area is 209 Å². The van der Waals surface area contributed by atoms with Crippen LogP contribution in [0.3, 0.4) is 0 Å². The fourth-order valence-electron chi connectivity index (χ4n) is 4.87. The molecule has 10 nitrogen and oxygen atoms in total. The summed E-state index contributed by atoms with van der Waals surface area (Å²) in [5.41, 5.74) is 2.19. The minimum Gasteiger partial charge on any atom is -0.493 e. The maximum atomic E-state index is 13.5. The number of rotatable bonds is 8. The molecule has 1 aliphatic heterocycles.